The monoisotopic (exact) mass is 466 g/mol. The van der Waals surface area contributed by atoms with Crippen LogP contribution in [0.2, 0.25) is 5.02 Å². The molecule has 0 N–H and O–H groups in total. The van der Waals surface area contributed by atoms with Gasteiger partial charge in [-0.1, -0.05) is 55.8 Å². The number of benzene rings is 2. The third-order valence-corrected chi connectivity index (χ3v) is 7.52. The van der Waals surface area contributed by atoms with Crippen molar-refractivity contribution in [2.75, 3.05) is 24.5 Å². The summed E-state index contributed by atoms with van der Waals surface area (Å²) in [5, 5.41) is 0.821. The molecular formula is C30H43ClN2. The van der Waals surface area contributed by atoms with E-state index in [1.165, 1.54) is 60.9 Å². The number of nitrogens with zero attached hydrogens (tertiary/aromatic N) is 2. The molecule has 0 radical (unpaired) electrons. The molecule has 1 aliphatic carbocycles. The Hall–Kier alpha value is -1.77. The molecule has 2 aromatic rings. The minimum Gasteiger partial charge on any atom is -0.369 e. The number of anilines is 1. The van der Waals surface area contributed by atoms with E-state index in [4.69, 9.17) is 11.6 Å². The average Bonchev–Trinajstić information content (AvgIpc) is 2.80. The fourth-order valence-electron chi connectivity index (χ4n) is 5.80. The summed E-state index contributed by atoms with van der Waals surface area (Å²) >= 11 is 6.28. The number of halogens is 1. The Morgan fingerprint density at radius 1 is 0.939 bits per heavy atom. The predicted octanol–water partition coefficient (Wildman–Crippen LogP) is 8.30. The summed E-state index contributed by atoms with van der Waals surface area (Å²) in [6.07, 6.45) is 11.6. The summed E-state index contributed by atoms with van der Waals surface area (Å²) in [4.78, 5) is 5.43. The predicted molar refractivity (Wildman–Crippen MR) is 146 cm³/mol. The zero-order chi connectivity index (χ0) is 23.8. The lowest BCUT2D eigenvalue weighted by Crippen LogP contribution is -2.52. The Kier molecular flexibility index (Phi) is 9.47. The Morgan fingerprint density at radius 3 is 2.09 bits per heavy atom. The second-order valence-electron chi connectivity index (χ2n) is 9.82. The first-order valence-electron chi connectivity index (χ1n) is 12.9. The van der Waals surface area contributed by atoms with Crippen molar-refractivity contribution in [1.82, 2.24) is 4.90 Å². The van der Waals surface area contributed by atoms with Crippen molar-refractivity contribution < 1.29 is 0 Å². The second-order valence-corrected chi connectivity index (χ2v) is 10.3. The van der Waals surface area contributed by atoms with Crippen LogP contribution in [-0.2, 0) is 5.54 Å². The normalized spacial score (nSPS) is 21.1. The van der Waals surface area contributed by atoms with Crippen LogP contribution in [0.3, 0.4) is 0 Å². The zero-order valence-corrected chi connectivity index (χ0v) is 22.2. The zero-order valence-electron chi connectivity index (χ0n) is 21.4. The average molecular weight is 467 g/mol. The van der Waals surface area contributed by atoms with Crippen molar-refractivity contribution in [2.24, 2.45) is 0 Å². The molecule has 0 spiro atoms. The lowest BCUT2D eigenvalue weighted by Gasteiger charge is -2.50. The number of allylic oxidation sites excluding steroid dienone is 1. The lowest BCUT2D eigenvalue weighted by atomic mass is 9.73. The molecule has 0 heterocycles. The fraction of sp³-hybridized carbons (Fsp3) is 0.533. The van der Waals surface area contributed by atoms with Gasteiger partial charge in [-0.3, -0.25) is 4.90 Å². The van der Waals surface area contributed by atoms with Gasteiger partial charge in [-0.05, 0) is 107 Å². The first-order valence-corrected chi connectivity index (χ1v) is 13.3. The highest BCUT2D eigenvalue weighted by atomic mass is 35.5. The minimum atomic E-state index is 0.0804. The van der Waals surface area contributed by atoms with E-state index in [0.29, 0.717) is 6.04 Å². The Bertz CT molecular complexity index is 874. The van der Waals surface area contributed by atoms with Gasteiger partial charge in [-0.25, -0.2) is 0 Å². The van der Waals surface area contributed by atoms with Crippen molar-refractivity contribution in [3.05, 3.63) is 76.3 Å². The van der Waals surface area contributed by atoms with Crippen LogP contribution in [0.5, 0.6) is 0 Å². The molecule has 0 bridgehead atoms. The van der Waals surface area contributed by atoms with E-state index < -0.39 is 0 Å². The largest absolute Gasteiger partial charge is 0.369 e. The summed E-state index contributed by atoms with van der Waals surface area (Å²) in [5.41, 5.74) is 5.63. The molecule has 0 atom stereocenters. The van der Waals surface area contributed by atoms with Gasteiger partial charge in [0.05, 0.1) is 0 Å². The highest BCUT2D eigenvalue weighted by Gasteiger charge is 2.42. The standard InChI is InChI=1S/C30H43ClN2/c1-6-9-20-32(18-7-2)30(26-10-12-27(31)13-11-26)16-14-28(15-17-30)33(19-8-3)29-22-24(4)21-25(5)23-29/h6,9-13,21-23,28H,7-8,14-20H2,1-5H3. The molecule has 2 aromatic carbocycles. The maximum atomic E-state index is 6.28. The van der Waals surface area contributed by atoms with Gasteiger partial charge in [0.25, 0.3) is 0 Å². The maximum absolute atomic E-state index is 6.28. The molecule has 0 unspecified atom stereocenters. The number of aryl methyl sites for hydroxylation is 2. The molecule has 3 rings (SSSR count). The molecular weight excluding hydrogens is 424 g/mol. The van der Waals surface area contributed by atoms with Crippen molar-refractivity contribution in [2.45, 2.75) is 84.7 Å². The van der Waals surface area contributed by atoms with Crippen LogP contribution in [0.4, 0.5) is 5.69 Å². The molecule has 3 heteroatoms. The molecule has 2 nitrogen and oxygen atoms in total. The van der Waals surface area contributed by atoms with Gasteiger partial charge in [0, 0.05) is 35.4 Å². The smallest absolute Gasteiger partial charge is 0.0465 e. The SMILES string of the molecule is CC=CCN(CCC)C1(c2ccc(Cl)cc2)CCC(N(CCC)c2cc(C)cc(C)c2)CC1. The Balaban J connectivity index is 1.91. The van der Waals surface area contributed by atoms with Gasteiger partial charge < -0.3 is 4.90 Å². The third kappa shape index (κ3) is 6.22. The molecule has 0 saturated heterocycles. The van der Waals surface area contributed by atoms with E-state index >= 15 is 0 Å². The summed E-state index contributed by atoms with van der Waals surface area (Å²) < 4.78 is 0. The van der Waals surface area contributed by atoms with Gasteiger partial charge in [0.1, 0.15) is 0 Å². The van der Waals surface area contributed by atoms with Crippen LogP contribution in [-0.4, -0.2) is 30.6 Å². The molecule has 1 saturated carbocycles. The highest BCUT2D eigenvalue weighted by Crippen LogP contribution is 2.44. The van der Waals surface area contributed by atoms with E-state index in [1.54, 1.807) is 0 Å². The topological polar surface area (TPSA) is 6.48 Å². The first-order chi connectivity index (χ1) is 15.9. The van der Waals surface area contributed by atoms with Crippen LogP contribution in [0, 0.1) is 13.8 Å². The lowest BCUT2D eigenvalue weighted by molar-refractivity contribution is 0.0514. The van der Waals surface area contributed by atoms with Gasteiger partial charge >= 0.3 is 0 Å². The van der Waals surface area contributed by atoms with Gasteiger partial charge in [0.2, 0.25) is 0 Å². The first kappa shape index (κ1) is 25.8. The van der Waals surface area contributed by atoms with Crippen molar-refractivity contribution >= 4 is 17.3 Å². The van der Waals surface area contributed by atoms with Crippen LogP contribution in [0.15, 0.2) is 54.6 Å². The van der Waals surface area contributed by atoms with E-state index in [9.17, 15) is 0 Å². The van der Waals surface area contributed by atoms with Crippen LogP contribution in [0.1, 0.15) is 76.0 Å². The summed E-state index contributed by atoms with van der Waals surface area (Å²) in [6, 6.07) is 16.3. The molecule has 33 heavy (non-hydrogen) atoms. The highest BCUT2D eigenvalue weighted by molar-refractivity contribution is 6.30. The molecule has 1 fully saturated rings. The second kappa shape index (κ2) is 12.1. The van der Waals surface area contributed by atoms with E-state index in [-0.39, 0.29) is 5.54 Å². The number of hydrogen-bond donors (Lipinski definition) is 0. The van der Waals surface area contributed by atoms with Crippen LogP contribution in [0.25, 0.3) is 0 Å². The maximum Gasteiger partial charge on any atom is 0.0465 e. The minimum absolute atomic E-state index is 0.0804. The van der Waals surface area contributed by atoms with E-state index in [2.05, 4.69) is 99.0 Å². The van der Waals surface area contributed by atoms with Crippen LogP contribution >= 0.6 is 11.6 Å². The van der Waals surface area contributed by atoms with Crippen molar-refractivity contribution in [1.29, 1.82) is 0 Å². The van der Waals surface area contributed by atoms with Crippen molar-refractivity contribution in [3.63, 3.8) is 0 Å². The Morgan fingerprint density at radius 2 is 1.55 bits per heavy atom. The Labute approximate surface area is 207 Å². The fourth-order valence-corrected chi connectivity index (χ4v) is 5.93. The molecule has 1 aliphatic rings. The van der Waals surface area contributed by atoms with Crippen molar-refractivity contribution in [3.8, 4) is 0 Å². The van der Waals surface area contributed by atoms with E-state index in [1.807, 2.05) is 0 Å². The van der Waals surface area contributed by atoms with Gasteiger partial charge in [-0.2, -0.15) is 0 Å². The summed E-state index contributed by atoms with van der Waals surface area (Å²) in [6.45, 7) is 14.4. The van der Waals surface area contributed by atoms with Gasteiger partial charge in [0.15, 0.2) is 0 Å². The molecule has 0 aliphatic heterocycles. The molecule has 0 amide bonds. The molecule has 180 valence electrons. The number of rotatable bonds is 10. The van der Waals surface area contributed by atoms with E-state index in [0.717, 1.165) is 24.7 Å². The summed E-state index contributed by atoms with van der Waals surface area (Å²) in [5.74, 6) is 0. The summed E-state index contributed by atoms with van der Waals surface area (Å²) in [7, 11) is 0. The van der Waals surface area contributed by atoms with Crippen LogP contribution < -0.4 is 4.90 Å². The quantitative estimate of drug-likeness (QED) is 0.325. The number of hydrogen-bond acceptors (Lipinski definition) is 2. The molecule has 0 aromatic heterocycles. The van der Waals surface area contributed by atoms with Gasteiger partial charge in [-0.15, -0.1) is 0 Å². The third-order valence-electron chi connectivity index (χ3n) is 7.27.